The number of rotatable bonds is 5. The van der Waals surface area contributed by atoms with Gasteiger partial charge in [0.05, 0.1) is 14.2 Å². The maximum atomic E-state index is 12.4. The van der Waals surface area contributed by atoms with Crippen molar-refractivity contribution in [3.8, 4) is 5.75 Å². The van der Waals surface area contributed by atoms with Gasteiger partial charge in [0.2, 0.25) is 0 Å². The van der Waals surface area contributed by atoms with Gasteiger partial charge in [0, 0.05) is 11.3 Å². The van der Waals surface area contributed by atoms with E-state index < -0.39 is 5.54 Å². The van der Waals surface area contributed by atoms with Crippen molar-refractivity contribution in [3.05, 3.63) is 60.2 Å². The summed E-state index contributed by atoms with van der Waals surface area (Å²) in [6.45, 7) is 1.78. The zero-order valence-corrected chi connectivity index (χ0v) is 12.4. The predicted molar refractivity (Wildman–Crippen MR) is 82.4 cm³/mol. The van der Waals surface area contributed by atoms with E-state index in [4.69, 9.17) is 9.47 Å². The molecule has 0 heterocycles. The Hall–Kier alpha value is -2.49. The lowest BCUT2D eigenvalue weighted by Gasteiger charge is -2.30. The minimum Gasteiger partial charge on any atom is -0.496 e. The Morgan fingerprint density at radius 2 is 1.62 bits per heavy atom. The minimum atomic E-state index is -1.04. The molecule has 0 saturated carbocycles. The summed E-state index contributed by atoms with van der Waals surface area (Å²) >= 11 is 0. The molecule has 0 aliphatic rings. The lowest BCUT2D eigenvalue weighted by Crippen LogP contribution is -2.41. The molecule has 2 aromatic carbocycles. The van der Waals surface area contributed by atoms with E-state index >= 15 is 0 Å². The molecule has 0 bridgehead atoms. The number of carbonyl (C=O) groups is 1. The van der Waals surface area contributed by atoms with Crippen LogP contribution in [0, 0.1) is 0 Å². The van der Waals surface area contributed by atoms with Gasteiger partial charge in [0.15, 0.2) is 5.54 Å². The molecule has 1 N–H and O–H groups in total. The third kappa shape index (κ3) is 2.99. The molecule has 2 aromatic rings. The van der Waals surface area contributed by atoms with E-state index in [2.05, 4.69) is 5.32 Å². The average Bonchev–Trinajstić information content (AvgIpc) is 2.54. The standard InChI is InChI=1S/C17H19NO3/c1-17(16(19)21-3,18-13-9-5-4-6-10-13)14-11-7-8-12-15(14)20-2/h4-12,18H,1-3H3. The smallest absolute Gasteiger partial charge is 0.336 e. The summed E-state index contributed by atoms with van der Waals surface area (Å²) in [7, 11) is 2.96. The number of methoxy groups -OCH3 is 2. The number of anilines is 1. The molecule has 0 amide bonds. The Balaban J connectivity index is 2.49. The van der Waals surface area contributed by atoms with Gasteiger partial charge in [-0.15, -0.1) is 0 Å². The monoisotopic (exact) mass is 285 g/mol. The molecule has 1 unspecified atom stereocenters. The molecule has 1 atom stereocenters. The van der Waals surface area contributed by atoms with Crippen LogP contribution in [-0.4, -0.2) is 20.2 Å². The van der Waals surface area contributed by atoms with Crippen LogP contribution >= 0.6 is 0 Å². The highest BCUT2D eigenvalue weighted by atomic mass is 16.5. The third-order valence-electron chi connectivity index (χ3n) is 3.41. The fraction of sp³-hybridized carbons (Fsp3) is 0.235. The summed E-state index contributed by atoms with van der Waals surface area (Å²) < 4.78 is 10.4. The van der Waals surface area contributed by atoms with Gasteiger partial charge in [-0.25, -0.2) is 4.79 Å². The van der Waals surface area contributed by atoms with Gasteiger partial charge in [-0.3, -0.25) is 0 Å². The molecule has 0 aromatic heterocycles. The lowest BCUT2D eigenvalue weighted by molar-refractivity contribution is -0.145. The highest BCUT2D eigenvalue weighted by Gasteiger charge is 2.38. The average molecular weight is 285 g/mol. The largest absolute Gasteiger partial charge is 0.496 e. The molecule has 2 rings (SSSR count). The summed E-state index contributed by atoms with van der Waals surface area (Å²) in [5, 5.41) is 3.24. The van der Waals surface area contributed by atoms with Crippen molar-refractivity contribution in [3.63, 3.8) is 0 Å². The van der Waals surface area contributed by atoms with Crippen molar-refractivity contribution in [2.45, 2.75) is 12.5 Å². The maximum Gasteiger partial charge on any atom is 0.336 e. The summed E-state index contributed by atoms with van der Waals surface area (Å²) in [5.41, 5.74) is 0.516. The van der Waals surface area contributed by atoms with Crippen molar-refractivity contribution in [2.75, 3.05) is 19.5 Å². The Morgan fingerprint density at radius 3 is 2.24 bits per heavy atom. The molecule has 0 saturated heterocycles. The van der Waals surface area contributed by atoms with E-state index in [9.17, 15) is 4.79 Å². The molecule has 0 aliphatic carbocycles. The van der Waals surface area contributed by atoms with Crippen molar-refractivity contribution in [2.24, 2.45) is 0 Å². The molecule has 0 radical (unpaired) electrons. The van der Waals surface area contributed by atoms with E-state index in [-0.39, 0.29) is 5.97 Å². The van der Waals surface area contributed by atoms with Crippen LogP contribution in [0.15, 0.2) is 54.6 Å². The fourth-order valence-electron chi connectivity index (χ4n) is 2.30. The first kappa shape index (κ1) is 14.9. The maximum absolute atomic E-state index is 12.4. The first-order valence-electron chi connectivity index (χ1n) is 6.67. The normalized spacial score (nSPS) is 13.1. The topological polar surface area (TPSA) is 47.6 Å². The number of benzene rings is 2. The summed E-state index contributed by atoms with van der Waals surface area (Å²) in [6, 6.07) is 16.9. The molecule has 21 heavy (non-hydrogen) atoms. The molecule has 0 fully saturated rings. The molecule has 4 heteroatoms. The number of hydrogen-bond donors (Lipinski definition) is 1. The number of para-hydroxylation sites is 2. The molecule has 4 nitrogen and oxygen atoms in total. The van der Waals surface area contributed by atoms with Crippen LogP contribution in [0.1, 0.15) is 12.5 Å². The first-order valence-corrected chi connectivity index (χ1v) is 6.67. The van der Waals surface area contributed by atoms with Gasteiger partial charge in [0.25, 0.3) is 0 Å². The highest BCUT2D eigenvalue weighted by molar-refractivity contribution is 5.86. The summed E-state index contributed by atoms with van der Waals surface area (Å²) in [6.07, 6.45) is 0. The van der Waals surface area contributed by atoms with Gasteiger partial charge < -0.3 is 14.8 Å². The van der Waals surface area contributed by atoms with Crippen molar-refractivity contribution < 1.29 is 14.3 Å². The molecule has 110 valence electrons. The van der Waals surface area contributed by atoms with Crippen molar-refractivity contribution in [1.29, 1.82) is 0 Å². The van der Waals surface area contributed by atoms with E-state index in [1.54, 1.807) is 14.0 Å². The number of carbonyl (C=O) groups excluding carboxylic acids is 1. The van der Waals surface area contributed by atoms with Crippen molar-refractivity contribution in [1.82, 2.24) is 0 Å². The second kappa shape index (κ2) is 6.31. The number of ether oxygens (including phenoxy) is 2. The van der Waals surface area contributed by atoms with E-state index in [0.717, 1.165) is 11.3 Å². The number of nitrogens with one attached hydrogen (secondary N) is 1. The minimum absolute atomic E-state index is 0.379. The SMILES string of the molecule is COC(=O)C(C)(Nc1ccccc1)c1ccccc1OC. The van der Waals surface area contributed by atoms with Gasteiger partial charge in [-0.2, -0.15) is 0 Å². The van der Waals surface area contributed by atoms with Gasteiger partial charge in [0.1, 0.15) is 5.75 Å². The van der Waals surface area contributed by atoms with Crippen LogP contribution in [0.4, 0.5) is 5.69 Å². The lowest BCUT2D eigenvalue weighted by atomic mass is 9.90. The van der Waals surface area contributed by atoms with Crippen LogP contribution in [-0.2, 0) is 15.1 Å². The molecular weight excluding hydrogens is 266 g/mol. The number of esters is 1. The molecule has 0 spiro atoms. The molecular formula is C17H19NO3. The van der Waals surface area contributed by atoms with Crippen molar-refractivity contribution >= 4 is 11.7 Å². The Bertz CT molecular complexity index is 612. The second-order valence-electron chi connectivity index (χ2n) is 4.81. The van der Waals surface area contributed by atoms with Crippen LogP contribution in [0.3, 0.4) is 0 Å². The van der Waals surface area contributed by atoms with E-state index in [1.165, 1.54) is 7.11 Å². The zero-order valence-electron chi connectivity index (χ0n) is 12.4. The summed E-state index contributed by atoms with van der Waals surface area (Å²) in [5.74, 6) is 0.254. The fourth-order valence-corrected chi connectivity index (χ4v) is 2.30. The second-order valence-corrected chi connectivity index (χ2v) is 4.81. The Labute approximate surface area is 124 Å². The van der Waals surface area contributed by atoms with Crippen LogP contribution in [0.5, 0.6) is 5.75 Å². The summed E-state index contributed by atoms with van der Waals surface area (Å²) in [4.78, 5) is 12.4. The quantitative estimate of drug-likeness (QED) is 0.857. The Morgan fingerprint density at radius 1 is 1.00 bits per heavy atom. The van der Waals surface area contributed by atoms with Gasteiger partial charge in [-0.05, 0) is 25.1 Å². The van der Waals surface area contributed by atoms with Crippen LogP contribution < -0.4 is 10.1 Å². The Kier molecular flexibility index (Phi) is 4.48. The van der Waals surface area contributed by atoms with E-state index in [1.807, 2.05) is 54.6 Å². The van der Waals surface area contributed by atoms with Gasteiger partial charge >= 0.3 is 5.97 Å². The molecule has 0 aliphatic heterocycles. The van der Waals surface area contributed by atoms with Gasteiger partial charge in [-0.1, -0.05) is 36.4 Å². The zero-order chi connectivity index (χ0) is 15.3. The first-order chi connectivity index (χ1) is 10.1. The van der Waals surface area contributed by atoms with Crippen LogP contribution in [0.2, 0.25) is 0 Å². The third-order valence-corrected chi connectivity index (χ3v) is 3.41. The number of hydrogen-bond acceptors (Lipinski definition) is 4. The van der Waals surface area contributed by atoms with Crippen LogP contribution in [0.25, 0.3) is 0 Å². The highest BCUT2D eigenvalue weighted by Crippen LogP contribution is 2.33. The van der Waals surface area contributed by atoms with E-state index in [0.29, 0.717) is 5.75 Å². The predicted octanol–water partition coefficient (Wildman–Crippen LogP) is 3.20.